The summed E-state index contributed by atoms with van der Waals surface area (Å²) in [6.07, 6.45) is 0.0264. The molecule has 0 aliphatic carbocycles. The van der Waals surface area contributed by atoms with Crippen LogP contribution in [-0.2, 0) is 6.42 Å². The van der Waals surface area contributed by atoms with Crippen molar-refractivity contribution in [2.24, 2.45) is 4.99 Å². The van der Waals surface area contributed by atoms with Crippen molar-refractivity contribution >= 4 is 35.6 Å². The topological polar surface area (TPSA) is 75.1 Å². The normalized spacial score (nSPS) is 11.9. The van der Waals surface area contributed by atoms with E-state index in [4.69, 9.17) is 9.47 Å². The molecule has 0 fully saturated rings. The highest BCUT2D eigenvalue weighted by Gasteiger charge is 2.09. The van der Waals surface area contributed by atoms with Crippen molar-refractivity contribution in [2.45, 2.75) is 26.4 Å². The zero-order valence-electron chi connectivity index (χ0n) is 16.6. The van der Waals surface area contributed by atoms with Crippen LogP contribution < -0.4 is 20.1 Å². The second kappa shape index (κ2) is 13.2. The minimum Gasteiger partial charge on any atom is -0.493 e. The van der Waals surface area contributed by atoms with E-state index in [-0.39, 0.29) is 24.0 Å². The monoisotopic (exact) mass is 499 g/mol. The zero-order chi connectivity index (χ0) is 19.5. The van der Waals surface area contributed by atoms with Crippen molar-refractivity contribution in [3.63, 3.8) is 0 Å². The van der Waals surface area contributed by atoms with Crippen LogP contribution in [0.4, 0.5) is 5.69 Å². The number of hydrogen-bond acceptors (Lipinski definition) is 4. The van der Waals surface area contributed by atoms with Crippen LogP contribution in [0.1, 0.15) is 19.4 Å². The summed E-state index contributed by atoms with van der Waals surface area (Å²) in [4.78, 5) is 4.50. The summed E-state index contributed by atoms with van der Waals surface area (Å²) < 4.78 is 10.9. The second-order valence-electron chi connectivity index (χ2n) is 5.99. The Kier molecular flexibility index (Phi) is 11.4. The van der Waals surface area contributed by atoms with Crippen LogP contribution in [0.2, 0.25) is 0 Å². The van der Waals surface area contributed by atoms with E-state index < -0.39 is 6.10 Å². The third-order valence-electron chi connectivity index (χ3n) is 3.84. The average Bonchev–Trinajstić information content (AvgIpc) is 2.68. The van der Waals surface area contributed by atoms with Crippen LogP contribution in [0.25, 0.3) is 0 Å². The van der Waals surface area contributed by atoms with E-state index in [0.717, 1.165) is 17.8 Å². The highest BCUT2D eigenvalue weighted by Crippen LogP contribution is 2.30. The van der Waals surface area contributed by atoms with E-state index in [1.54, 1.807) is 7.11 Å². The Labute approximate surface area is 184 Å². The van der Waals surface area contributed by atoms with Gasteiger partial charge in [0.15, 0.2) is 17.5 Å². The van der Waals surface area contributed by atoms with Crippen molar-refractivity contribution in [3.8, 4) is 11.5 Å². The number of rotatable bonds is 9. The molecule has 1 unspecified atom stereocenters. The Morgan fingerprint density at radius 2 is 1.86 bits per heavy atom. The minimum absolute atomic E-state index is 0. The molecule has 2 rings (SSSR count). The van der Waals surface area contributed by atoms with Crippen LogP contribution in [0.3, 0.4) is 0 Å². The number of nitrogens with one attached hydrogen (secondary N) is 2. The van der Waals surface area contributed by atoms with Crippen LogP contribution in [0.5, 0.6) is 11.5 Å². The smallest absolute Gasteiger partial charge is 0.195 e. The number of nitrogens with zero attached hydrogens (tertiary/aromatic N) is 1. The van der Waals surface area contributed by atoms with E-state index in [1.165, 1.54) is 0 Å². The summed E-state index contributed by atoms with van der Waals surface area (Å²) in [5, 5.41) is 16.7. The van der Waals surface area contributed by atoms with E-state index >= 15 is 0 Å². The Morgan fingerprint density at radius 3 is 2.50 bits per heavy atom. The lowest BCUT2D eigenvalue weighted by Crippen LogP contribution is -2.32. The SMILES string of the molecule is CCNC(=NCC(O)Cc1ccccc1)Nc1ccc(OC)c(OCC)c1.I. The molecule has 0 aromatic heterocycles. The number of guanidine groups is 1. The molecule has 154 valence electrons. The van der Waals surface area contributed by atoms with Crippen molar-refractivity contribution in [1.82, 2.24) is 5.32 Å². The molecule has 0 spiro atoms. The largest absolute Gasteiger partial charge is 0.493 e. The number of anilines is 1. The first kappa shape index (κ1) is 24.0. The van der Waals surface area contributed by atoms with Crippen molar-refractivity contribution in [3.05, 3.63) is 54.1 Å². The number of aliphatic imine (C=N–C) groups is 1. The fraction of sp³-hybridized carbons (Fsp3) is 0.381. The summed E-state index contributed by atoms with van der Waals surface area (Å²) in [7, 11) is 1.62. The van der Waals surface area contributed by atoms with Gasteiger partial charge in [0.2, 0.25) is 0 Å². The number of aliphatic hydroxyl groups is 1. The average molecular weight is 499 g/mol. The van der Waals surface area contributed by atoms with Gasteiger partial charge in [-0.1, -0.05) is 30.3 Å². The summed E-state index contributed by atoms with van der Waals surface area (Å²) in [6, 6.07) is 15.5. The van der Waals surface area contributed by atoms with Gasteiger partial charge in [-0.05, 0) is 31.5 Å². The summed E-state index contributed by atoms with van der Waals surface area (Å²) in [5.41, 5.74) is 1.92. The van der Waals surface area contributed by atoms with E-state index in [9.17, 15) is 5.11 Å². The minimum atomic E-state index is -0.544. The van der Waals surface area contributed by atoms with Gasteiger partial charge in [-0.25, -0.2) is 0 Å². The Morgan fingerprint density at radius 1 is 1.11 bits per heavy atom. The molecule has 7 heteroatoms. The highest BCUT2D eigenvalue weighted by molar-refractivity contribution is 14.0. The van der Waals surface area contributed by atoms with Gasteiger partial charge in [0.05, 0.1) is 26.4 Å². The lowest BCUT2D eigenvalue weighted by Gasteiger charge is -2.15. The molecule has 0 amide bonds. The number of halogens is 1. The van der Waals surface area contributed by atoms with Crippen LogP contribution in [0.15, 0.2) is 53.5 Å². The van der Waals surface area contributed by atoms with Gasteiger partial charge >= 0.3 is 0 Å². The van der Waals surface area contributed by atoms with Gasteiger partial charge in [-0.2, -0.15) is 0 Å². The molecular formula is C21H30IN3O3. The zero-order valence-corrected chi connectivity index (χ0v) is 19.0. The molecule has 2 aromatic rings. The summed E-state index contributed by atoms with van der Waals surface area (Å²) >= 11 is 0. The molecule has 2 aromatic carbocycles. The highest BCUT2D eigenvalue weighted by atomic mass is 127. The van der Waals surface area contributed by atoms with Gasteiger partial charge in [0, 0.05) is 24.7 Å². The molecule has 0 radical (unpaired) electrons. The Hall–Kier alpha value is -2.00. The lowest BCUT2D eigenvalue weighted by molar-refractivity contribution is 0.184. The number of methoxy groups -OCH3 is 1. The molecule has 0 aliphatic rings. The van der Waals surface area contributed by atoms with Crippen molar-refractivity contribution in [2.75, 3.05) is 32.1 Å². The molecule has 0 heterocycles. The standard InChI is InChI=1S/C21H29N3O3.HI/c1-4-22-21(23-15-18(25)13-16-9-7-6-8-10-16)24-17-11-12-19(26-3)20(14-17)27-5-2;/h6-12,14,18,25H,4-5,13,15H2,1-3H3,(H2,22,23,24);1H. The van der Waals surface area contributed by atoms with Crippen molar-refractivity contribution < 1.29 is 14.6 Å². The number of ether oxygens (including phenoxy) is 2. The van der Waals surface area contributed by atoms with Gasteiger partial charge < -0.3 is 25.2 Å². The Bertz CT molecular complexity index is 726. The molecule has 1 atom stereocenters. The van der Waals surface area contributed by atoms with E-state index in [1.807, 2.05) is 62.4 Å². The predicted octanol–water partition coefficient (Wildman–Crippen LogP) is 3.69. The molecule has 0 saturated heterocycles. The summed E-state index contributed by atoms with van der Waals surface area (Å²) in [5.74, 6) is 1.96. The van der Waals surface area contributed by atoms with Crippen LogP contribution in [-0.4, -0.2) is 44.0 Å². The fourth-order valence-electron chi connectivity index (χ4n) is 2.61. The third-order valence-corrected chi connectivity index (χ3v) is 3.84. The second-order valence-corrected chi connectivity index (χ2v) is 5.99. The molecule has 6 nitrogen and oxygen atoms in total. The van der Waals surface area contributed by atoms with Gasteiger partial charge in [0.1, 0.15) is 0 Å². The van der Waals surface area contributed by atoms with Crippen LogP contribution in [0, 0.1) is 0 Å². The fourth-order valence-corrected chi connectivity index (χ4v) is 2.61. The maximum atomic E-state index is 10.3. The predicted molar refractivity (Wildman–Crippen MR) is 125 cm³/mol. The molecule has 0 aliphatic heterocycles. The van der Waals surface area contributed by atoms with Gasteiger partial charge in [-0.15, -0.1) is 24.0 Å². The molecule has 0 saturated carbocycles. The quantitative estimate of drug-likeness (QED) is 0.279. The van der Waals surface area contributed by atoms with Crippen LogP contribution >= 0.6 is 24.0 Å². The van der Waals surface area contributed by atoms with Gasteiger partial charge in [-0.3, -0.25) is 4.99 Å². The van der Waals surface area contributed by atoms with Crippen molar-refractivity contribution in [1.29, 1.82) is 0 Å². The number of benzene rings is 2. The van der Waals surface area contributed by atoms with E-state index in [2.05, 4.69) is 15.6 Å². The maximum absolute atomic E-state index is 10.3. The van der Waals surface area contributed by atoms with E-state index in [0.29, 0.717) is 37.0 Å². The molecular weight excluding hydrogens is 469 g/mol. The molecule has 28 heavy (non-hydrogen) atoms. The molecule has 0 bridgehead atoms. The van der Waals surface area contributed by atoms with Gasteiger partial charge in [0.25, 0.3) is 0 Å². The summed E-state index contributed by atoms with van der Waals surface area (Å²) in [6.45, 7) is 5.50. The maximum Gasteiger partial charge on any atom is 0.195 e. The first-order valence-electron chi connectivity index (χ1n) is 9.24. The number of hydrogen-bond donors (Lipinski definition) is 3. The lowest BCUT2D eigenvalue weighted by atomic mass is 10.1. The first-order chi connectivity index (χ1) is 13.2. The first-order valence-corrected chi connectivity index (χ1v) is 9.24. The number of aliphatic hydroxyl groups excluding tert-OH is 1. The Balaban J connectivity index is 0.00000392. The third kappa shape index (κ3) is 7.93. The molecule has 3 N–H and O–H groups in total.